The third kappa shape index (κ3) is 4.63. The summed E-state index contributed by atoms with van der Waals surface area (Å²) in [7, 11) is 0. The van der Waals surface area contributed by atoms with E-state index in [1.807, 2.05) is 44.2 Å². The molecule has 3 nitrogen and oxygen atoms in total. The molecule has 1 N–H and O–H groups in total. The van der Waals surface area contributed by atoms with Gasteiger partial charge in [-0.05, 0) is 62.9 Å². The third-order valence-electron chi connectivity index (χ3n) is 5.50. The maximum atomic E-state index is 13.0. The van der Waals surface area contributed by atoms with Crippen LogP contribution in [0, 0.1) is 0 Å². The van der Waals surface area contributed by atoms with Crippen molar-refractivity contribution in [3.05, 3.63) is 76.9 Å². The zero-order valence-electron chi connectivity index (χ0n) is 16.8. The predicted octanol–water partition coefficient (Wildman–Crippen LogP) is 5.64. The normalized spacial score (nSPS) is 18.3. The van der Waals surface area contributed by atoms with Crippen molar-refractivity contribution in [1.82, 2.24) is 4.90 Å². The first-order valence-electron chi connectivity index (χ1n) is 9.66. The number of rotatable bonds is 6. The van der Waals surface area contributed by atoms with E-state index < -0.39 is 17.9 Å². The Labute approximate surface area is 169 Å². The molecule has 0 aliphatic carbocycles. The molecule has 1 heterocycles. The number of nitrogens with zero attached hydrogens (tertiary/aromatic N) is 1. The molecule has 1 aliphatic heterocycles. The second-order valence-electron chi connectivity index (χ2n) is 7.52. The van der Waals surface area contributed by atoms with E-state index in [9.17, 15) is 18.0 Å². The van der Waals surface area contributed by atoms with E-state index in [1.165, 1.54) is 11.6 Å². The van der Waals surface area contributed by atoms with Crippen molar-refractivity contribution >= 4 is 11.6 Å². The van der Waals surface area contributed by atoms with Gasteiger partial charge in [-0.15, -0.1) is 0 Å². The first-order chi connectivity index (χ1) is 13.7. The van der Waals surface area contributed by atoms with Crippen molar-refractivity contribution < 1.29 is 18.0 Å². The fraction of sp³-hybridized carbons (Fsp3) is 0.348. The van der Waals surface area contributed by atoms with Crippen LogP contribution in [0.5, 0.6) is 0 Å². The van der Waals surface area contributed by atoms with Crippen LogP contribution in [-0.4, -0.2) is 23.0 Å². The van der Waals surface area contributed by atoms with Crippen LogP contribution < -0.4 is 5.32 Å². The molecular formula is C23H25F3N2O. The molecule has 0 aromatic heterocycles. The highest BCUT2D eigenvalue weighted by Gasteiger charge is 2.38. The van der Waals surface area contributed by atoms with E-state index in [4.69, 9.17) is 0 Å². The van der Waals surface area contributed by atoms with Gasteiger partial charge in [0.15, 0.2) is 0 Å². The molecule has 6 heteroatoms. The van der Waals surface area contributed by atoms with Crippen LogP contribution in [0.3, 0.4) is 0 Å². The first kappa shape index (κ1) is 21.0. The molecule has 0 saturated carbocycles. The Hall–Kier alpha value is -2.76. The van der Waals surface area contributed by atoms with E-state index in [2.05, 4.69) is 5.32 Å². The van der Waals surface area contributed by atoms with Crippen LogP contribution in [0.2, 0.25) is 0 Å². The lowest BCUT2D eigenvalue weighted by Gasteiger charge is -2.33. The predicted molar refractivity (Wildman–Crippen MR) is 108 cm³/mol. The molecule has 1 aliphatic rings. The van der Waals surface area contributed by atoms with Gasteiger partial charge in [-0.3, -0.25) is 4.79 Å². The largest absolute Gasteiger partial charge is 0.416 e. The highest BCUT2D eigenvalue weighted by Crippen LogP contribution is 2.33. The summed E-state index contributed by atoms with van der Waals surface area (Å²) in [6.45, 7) is 5.60. The van der Waals surface area contributed by atoms with Gasteiger partial charge in [0, 0.05) is 17.3 Å². The number of nitrogens with one attached hydrogen (secondary N) is 1. The van der Waals surface area contributed by atoms with Crippen molar-refractivity contribution in [2.75, 3.05) is 5.32 Å². The maximum Gasteiger partial charge on any atom is 0.416 e. The van der Waals surface area contributed by atoms with Crippen molar-refractivity contribution in [3.8, 4) is 0 Å². The van der Waals surface area contributed by atoms with Gasteiger partial charge in [-0.1, -0.05) is 36.4 Å². The molecule has 154 valence electrons. The van der Waals surface area contributed by atoms with Crippen LogP contribution in [0.4, 0.5) is 18.9 Å². The van der Waals surface area contributed by atoms with E-state index in [-0.39, 0.29) is 11.9 Å². The minimum absolute atomic E-state index is 0.0709. The lowest BCUT2D eigenvalue weighted by atomic mass is 10.0. The molecule has 3 rings (SSSR count). The molecule has 2 atom stereocenters. The fourth-order valence-electron chi connectivity index (χ4n) is 3.63. The Bertz CT molecular complexity index is 906. The highest BCUT2D eigenvalue weighted by atomic mass is 19.4. The number of carbonyl (C=O) groups is 1. The molecular weight excluding hydrogens is 377 g/mol. The average molecular weight is 402 g/mol. The van der Waals surface area contributed by atoms with Crippen LogP contribution in [0.1, 0.15) is 38.3 Å². The summed E-state index contributed by atoms with van der Waals surface area (Å²) in [6, 6.07) is 15.0. The Morgan fingerprint density at radius 3 is 2.41 bits per heavy atom. The second kappa shape index (κ2) is 8.31. The number of aryl methyl sites for hydroxylation is 1. The van der Waals surface area contributed by atoms with Crippen molar-refractivity contribution in [2.24, 2.45) is 0 Å². The lowest BCUT2D eigenvalue weighted by Crippen LogP contribution is -2.46. The molecule has 2 aromatic carbocycles. The van der Waals surface area contributed by atoms with Crippen molar-refractivity contribution in [3.63, 3.8) is 0 Å². The summed E-state index contributed by atoms with van der Waals surface area (Å²) in [5.74, 6) is -0.0764. The monoisotopic (exact) mass is 402 g/mol. The van der Waals surface area contributed by atoms with E-state index in [1.54, 1.807) is 17.9 Å². The number of halogens is 3. The number of benzene rings is 2. The summed E-state index contributed by atoms with van der Waals surface area (Å²) in [5, 5.41) is 3.14. The van der Waals surface area contributed by atoms with E-state index >= 15 is 0 Å². The molecule has 0 spiro atoms. The molecule has 0 bridgehead atoms. The van der Waals surface area contributed by atoms with Crippen LogP contribution in [0.25, 0.3) is 0 Å². The summed E-state index contributed by atoms with van der Waals surface area (Å²) in [4.78, 5) is 14.6. The third-order valence-corrected chi connectivity index (χ3v) is 5.50. The minimum Gasteiger partial charge on any atom is -0.362 e. The molecule has 29 heavy (non-hydrogen) atoms. The van der Waals surface area contributed by atoms with Gasteiger partial charge in [0.2, 0.25) is 0 Å². The molecule has 0 unspecified atom stereocenters. The first-order valence-corrected chi connectivity index (χ1v) is 9.66. The fourth-order valence-corrected chi connectivity index (χ4v) is 3.63. The molecule has 0 radical (unpaired) electrons. The van der Waals surface area contributed by atoms with Crippen LogP contribution in [0.15, 0.2) is 65.7 Å². The van der Waals surface area contributed by atoms with Gasteiger partial charge >= 0.3 is 6.18 Å². The molecule has 2 aromatic rings. The van der Waals surface area contributed by atoms with Crippen molar-refractivity contribution in [2.45, 2.75) is 52.0 Å². The summed E-state index contributed by atoms with van der Waals surface area (Å²) in [6.07, 6.45) is -3.29. The Morgan fingerprint density at radius 1 is 1.07 bits per heavy atom. The number of hydrogen-bond donors (Lipinski definition) is 1. The van der Waals surface area contributed by atoms with Gasteiger partial charge < -0.3 is 10.2 Å². The minimum atomic E-state index is -4.41. The number of carbonyl (C=O) groups excluding carboxylic acids is 1. The van der Waals surface area contributed by atoms with Gasteiger partial charge in [0.25, 0.3) is 5.91 Å². The zero-order valence-corrected chi connectivity index (χ0v) is 16.8. The average Bonchev–Trinajstić information content (AvgIpc) is 2.90. The lowest BCUT2D eigenvalue weighted by molar-refractivity contribution is -0.137. The highest BCUT2D eigenvalue weighted by molar-refractivity contribution is 5.97. The number of alkyl halides is 3. The summed E-state index contributed by atoms with van der Waals surface area (Å²) >= 11 is 0. The van der Waals surface area contributed by atoms with Crippen LogP contribution >= 0.6 is 0 Å². The van der Waals surface area contributed by atoms with Gasteiger partial charge in [-0.2, -0.15) is 13.2 Å². The summed E-state index contributed by atoms with van der Waals surface area (Å²) in [5.41, 5.74) is 2.29. The molecule has 1 amide bonds. The Kier molecular flexibility index (Phi) is 6.01. The Morgan fingerprint density at radius 2 is 1.76 bits per heavy atom. The zero-order chi connectivity index (χ0) is 21.2. The second-order valence-corrected chi connectivity index (χ2v) is 7.52. The number of amides is 1. The molecule has 0 saturated heterocycles. The Balaban J connectivity index is 1.78. The quantitative estimate of drug-likeness (QED) is 0.678. The topological polar surface area (TPSA) is 32.3 Å². The smallest absolute Gasteiger partial charge is 0.362 e. The van der Waals surface area contributed by atoms with E-state index in [0.717, 1.165) is 30.5 Å². The molecule has 0 fully saturated rings. The van der Waals surface area contributed by atoms with Gasteiger partial charge in [-0.25, -0.2) is 0 Å². The summed E-state index contributed by atoms with van der Waals surface area (Å²) < 4.78 is 39.1. The van der Waals surface area contributed by atoms with Crippen molar-refractivity contribution in [1.29, 1.82) is 0 Å². The van der Waals surface area contributed by atoms with Gasteiger partial charge in [0.05, 0.1) is 5.56 Å². The standard InChI is InChI=1S/C23H25F3N2O/c1-15(12-13-18-8-5-4-6-9-18)28-21(16(2)17(3)22(28)29)27-20-11-7-10-19(14-20)23(24,25)26/h4-11,14-15,21,27H,12-13H2,1-3H3/t15-,21+/m1/s1. The van der Waals surface area contributed by atoms with Crippen LogP contribution in [-0.2, 0) is 17.4 Å². The number of anilines is 1. The van der Waals surface area contributed by atoms with Gasteiger partial charge in [0.1, 0.15) is 6.17 Å². The SMILES string of the molecule is CC1=C(C)[C@@H](Nc2cccc(C(F)(F)F)c2)N([C@H](C)CCc2ccccc2)C1=O. The maximum absolute atomic E-state index is 13.0. The van der Waals surface area contributed by atoms with E-state index in [0.29, 0.717) is 11.3 Å². The number of hydrogen-bond acceptors (Lipinski definition) is 2.